The van der Waals surface area contributed by atoms with Crippen LogP contribution < -0.4 is 10.6 Å². The van der Waals surface area contributed by atoms with Crippen LogP contribution in [-0.4, -0.2) is 19.1 Å². The molecule has 1 aromatic heterocycles. The summed E-state index contributed by atoms with van der Waals surface area (Å²) in [6.45, 7) is 5.50. The van der Waals surface area contributed by atoms with Crippen molar-refractivity contribution in [3.05, 3.63) is 21.3 Å². The minimum Gasteiger partial charge on any atom is -0.313 e. The first kappa shape index (κ1) is 12.4. The molecule has 2 N–H and O–H groups in total. The maximum atomic E-state index is 5.89. The van der Waals surface area contributed by atoms with Gasteiger partial charge in [0.2, 0.25) is 0 Å². The van der Waals surface area contributed by atoms with E-state index in [1.165, 1.54) is 24.3 Å². The smallest absolute Gasteiger partial charge is 0.0931 e. The number of piperidine rings is 1. The number of nitrogens with one attached hydrogen (secondary N) is 2. The maximum Gasteiger partial charge on any atom is 0.0931 e. The molecule has 0 bridgehead atoms. The lowest BCUT2D eigenvalue weighted by molar-refractivity contribution is 0.311. The van der Waals surface area contributed by atoms with Crippen LogP contribution in [-0.2, 0) is 6.54 Å². The molecule has 2 rings (SSSR count). The number of halogens is 1. The molecule has 1 aliphatic rings. The first-order chi connectivity index (χ1) is 7.74. The van der Waals surface area contributed by atoms with Gasteiger partial charge in [-0.2, -0.15) is 0 Å². The number of thiophene rings is 1. The molecule has 2 heterocycles. The van der Waals surface area contributed by atoms with E-state index in [4.69, 9.17) is 11.6 Å². The van der Waals surface area contributed by atoms with Gasteiger partial charge in [-0.1, -0.05) is 18.5 Å². The zero-order valence-electron chi connectivity index (χ0n) is 9.63. The largest absolute Gasteiger partial charge is 0.313 e. The fourth-order valence-corrected chi connectivity index (χ4v) is 3.25. The Morgan fingerprint density at radius 3 is 3.12 bits per heavy atom. The van der Waals surface area contributed by atoms with E-state index in [0.29, 0.717) is 6.04 Å². The third kappa shape index (κ3) is 3.74. The van der Waals surface area contributed by atoms with Gasteiger partial charge in [0.05, 0.1) is 4.34 Å². The molecule has 1 fully saturated rings. The van der Waals surface area contributed by atoms with Crippen molar-refractivity contribution in [1.29, 1.82) is 0 Å². The molecule has 1 aromatic rings. The molecule has 16 heavy (non-hydrogen) atoms. The van der Waals surface area contributed by atoms with E-state index in [2.05, 4.69) is 23.6 Å². The molecule has 0 aromatic carbocycles. The van der Waals surface area contributed by atoms with Gasteiger partial charge in [-0.25, -0.2) is 0 Å². The highest BCUT2D eigenvalue weighted by atomic mass is 35.5. The fourth-order valence-electron chi connectivity index (χ4n) is 2.19. The zero-order valence-corrected chi connectivity index (χ0v) is 11.2. The van der Waals surface area contributed by atoms with E-state index in [-0.39, 0.29) is 0 Å². The summed E-state index contributed by atoms with van der Waals surface area (Å²) < 4.78 is 0.876. The summed E-state index contributed by atoms with van der Waals surface area (Å²) in [4.78, 5) is 1.31. The molecule has 2 atom stereocenters. The summed E-state index contributed by atoms with van der Waals surface area (Å²) in [6.07, 6.45) is 2.61. The van der Waals surface area contributed by atoms with Crippen LogP contribution in [0.5, 0.6) is 0 Å². The summed E-state index contributed by atoms with van der Waals surface area (Å²) >= 11 is 7.54. The molecule has 0 amide bonds. The molecule has 0 saturated carbocycles. The van der Waals surface area contributed by atoms with Crippen molar-refractivity contribution in [1.82, 2.24) is 10.6 Å². The minimum atomic E-state index is 0.638. The highest BCUT2D eigenvalue weighted by Crippen LogP contribution is 2.21. The number of rotatable bonds is 4. The van der Waals surface area contributed by atoms with Gasteiger partial charge in [-0.05, 0) is 37.4 Å². The van der Waals surface area contributed by atoms with Crippen molar-refractivity contribution >= 4 is 22.9 Å². The van der Waals surface area contributed by atoms with Crippen LogP contribution in [0.3, 0.4) is 0 Å². The summed E-state index contributed by atoms with van der Waals surface area (Å²) in [5, 5.41) is 7.05. The lowest BCUT2D eigenvalue weighted by Gasteiger charge is -2.28. The first-order valence-corrected chi connectivity index (χ1v) is 7.12. The summed E-state index contributed by atoms with van der Waals surface area (Å²) in [7, 11) is 0. The number of hydrogen-bond acceptors (Lipinski definition) is 3. The molecule has 2 unspecified atom stereocenters. The molecule has 1 saturated heterocycles. The van der Waals surface area contributed by atoms with Crippen molar-refractivity contribution < 1.29 is 0 Å². The number of hydrogen-bond donors (Lipinski definition) is 2. The Morgan fingerprint density at radius 1 is 1.56 bits per heavy atom. The van der Waals surface area contributed by atoms with Crippen molar-refractivity contribution in [3.8, 4) is 0 Å². The Hall–Kier alpha value is -0.0900. The second-order valence-electron chi connectivity index (χ2n) is 4.62. The lowest BCUT2D eigenvalue weighted by Crippen LogP contribution is -2.43. The van der Waals surface area contributed by atoms with E-state index < -0.39 is 0 Å². The first-order valence-electron chi connectivity index (χ1n) is 5.92. The second kappa shape index (κ2) is 6.01. The highest BCUT2D eigenvalue weighted by molar-refractivity contribution is 7.16. The van der Waals surface area contributed by atoms with Crippen LogP contribution >= 0.6 is 22.9 Å². The van der Waals surface area contributed by atoms with Gasteiger partial charge in [-0.3, -0.25) is 0 Å². The average molecular weight is 259 g/mol. The normalized spacial score (nSPS) is 25.9. The van der Waals surface area contributed by atoms with E-state index in [1.54, 1.807) is 11.3 Å². The lowest BCUT2D eigenvalue weighted by atomic mass is 9.94. The van der Waals surface area contributed by atoms with Crippen molar-refractivity contribution in [2.45, 2.75) is 32.4 Å². The Bertz CT molecular complexity index is 327. The van der Waals surface area contributed by atoms with Crippen molar-refractivity contribution in [2.75, 3.05) is 13.1 Å². The summed E-state index contributed by atoms with van der Waals surface area (Å²) in [5.74, 6) is 0.865. The predicted octanol–water partition coefficient (Wildman–Crippen LogP) is 2.88. The standard InChI is InChI=1S/C12H19ClN2S/c1-9-4-5-15-10(6-9)7-14-8-11-2-3-12(13)16-11/h2-3,9-10,14-15H,4-8H2,1H3. The van der Waals surface area contributed by atoms with Crippen molar-refractivity contribution in [2.24, 2.45) is 5.92 Å². The van der Waals surface area contributed by atoms with Crippen LogP contribution in [0.25, 0.3) is 0 Å². The molecular weight excluding hydrogens is 240 g/mol. The van der Waals surface area contributed by atoms with Gasteiger partial charge < -0.3 is 10.6 Å². The van der Waals surface area contributed by atoms with Crippen LogP contribution in [0.2, 0.25) is 4.34 Å². The fraction of sp³-hybridized carbons (Fsp3) is 0.667. The summed E-state index contributed by atoms with van der Waals surface area (Å²) in [6, 6.07) is 4.69. The molecular formula is C12H19ClN2S. The third-order valence-electron chi connectivity index (χ3n) is 3.08. The molecule has 2 nitrogen and oxygen atoms in total. The zero-order chi connectivity index (χ0) is 11.4. The van der Waals surface area contributed by atoms with Gasteiger partial charge in [0.25, 0.3) is 0 Å². The van der Waals surface area contributed by atoms with E-state index in [9.17, 15) is 0 Å². The minimum absolute atomic E-state index is 0.638. The van der Waals surface area contributed by atoms with Crippen LogP contribution in [0.1, 0.15) is 24.6 Å². The topological polar surface area (TPSA) is 24.1 Å². The van der Waals surface area contributed by atoms with Gasteiger partial charge in [0.1, 0.15) is 0 Å². The SMILES string of the molecule is CC1CCNC(CNCc2ccc(Cl)s2)C1. The molecule has 0 aliphatic carbocycles. The molecule has 0 radical (unpaired) electrons. The Kier molecular flexibility index (Phi) is 4.65. The van der Waals surface area contributed by atoms with E-state index >= 15 is 0 Å². The second-order valence-corrected chi connectivity index (χ2v) is 6.42. The van der Waals surface area contributed by atoms with Crippen LogP contribution in [0, 0.1) is 5.92 Å². The predicted molar refractivity (Wildman–Crippen MR) is 71.2 cm³/mol. The van der Waals surface area contributed by atoms with Crippen LogP contribution in [0.15, 0.2) is 12.1 Å². The molecule has 4 heteroatoms. The average Bonchev–Trinajstić information content (AvgIpc) is 2.64. The van der Waals surface area contributed by atoms with Crippen molar-refractivity contribution in [3.63, 3.8) is 0 Å². The highest BCUT2D eigenvalue weighted by Gasteiger charge is 2.17. The third-order valence-corrected chi connectivity index (χ3v) is 4.31. The van der Waals surface area contributed by atoms with Gasteiger partial charge in [-0.15, -0.1) is 11.3 Å². The van der Waals surface area contributed by atoms with Gasteiger partial charge >= 0.3 is 0 Å². The molecule has 1 aliphatic heterocycles. The van der Waals surface area contributed by atoms with Gasteiger partial charge in [0.15, 0.2) is 0 Å². The Balaban J connectivity index is 1.67. The van der Waals surface area contributed by atoms with Crippen LogP contribution in [0.4, 0.5) is 0 Å². The summed E-state index contributed by atoms with van der Waals surface area (Å²) in [5.41, 5.74) is 0. The molecule has 90 valence electrons. The quantitative estimate of drug-likeness (QED) is 0.868. The van der Waals surface area contributed by atoms with E-state index in [0.717, 1.165) is 23.3 Å². The maximum absolute atomic E-state index is 5.89. The molecule has 0 spiro atoms. The Labute approximate surface area is 106 Å². The Morgan fingerprint density at radius 2 is 2.44 bits per heavy atom. The van der Waals surface area contributed by atoms with E-state index in [1.807, 2.05) is 6.07 Å². The monoisotopic (exact) mass is 258 g/mol. The van der Waals surface area contributed by atoms with Gasteiger partial charge in [0, 0.05) is 24.0 Å².